The Morgan fingerprint density at radius 1 is 0.812 bits per heavy atom. The van der Waals surface area contributed by atoms with Gasteiger partial charge in [-0.1, -0.05) is 48.5 Å². The fourth-order valence-corrected chi connectivity index (χ4v) is 3.24. The molecule has 0 aromatic heterocycles. The number of benzene rings is 2. The van der Waals surface area contributed by atoms with Gasteiger partial charge in [0.1, 0.15) is 5.75 Å². The standard InChI is InChI=1S/C14H16NS/c15-12-16(14-9-5-2-6-10-14)11-13-7-3-1-4-8-13/h1-10H,11-12,15H2/q+1. The van der Waals surface area contributed by atoms with Crippen LogP contribution < -0.4 is 5.73 Å². The van der Waals surface area contributed by atoms with E-state index < -0.39 is 0 Å². The highest BCUT2D eigenvalue weighted by Gasteiger charge is 2.19. The van der Waals surface area contributed by atoms with E-state index in [1.54, 1.807) is 0 Å². The largest absolute Gasteiger partial charge is 0.289 e. The molecule has 0 heterocycles. The summed E-state index contributed by atoms with van der Waals surface area (Å²) < 4.78 is 0. The van der Waals surface area contributed by atoms with Crippen LogP contribution in [0.15, 0.2) is 65.6 Å². The highest BCUT2D eigenvalue weighted by atomic mass is 32.2. The maximum atomic E-state index is 5.86. The molecular weight excluding hydrogens is 214 g/mol. The molecule has 0 bridgehead atoms. The van der Waals surface area contributed by atoms with Gasteiger partial charge in [0.2, 0.25) is 0 Å². The van der Waals surface area contributed by atoms with E-state index in [1.165, 1.54) is 10.5 Å². The molecule has 2 aromatic carbocycles. The molecule has 2 N–H and O–H groups in total. The van der Waals surface area contributed by atoms with Gasteiger partial charge in [-0.15, -0.1) is 0 Å². The van der Waals surface area contributed by atoms with Gasteiger partial charge in [0.25, 0.3) is 0 Å². The summed E-state index contributed by atoms with van der Waals surface area (Å²) in [6.07, 6.45) is 0. The molecule has 0 saturated heterocycles. The maximum absolute atomic E-state index is 5.86. The van der Waals surface area contributed by atoms with Crippen molar-refractivity contribution in [2.45, 2.75) is 10.6 Å². The lowest BCUT2D eigenvalue weighted by Crippen LogP contribution is -2.17. The molecule has 0 radical (unpaired) electrons. The average Bonchev–Trinajstić information content (AvgIpc) is 2.38. The first-order valence-electron chi connectivity index (χ1n) is 5.36. The van der Waals surface area contributed by atoms with Crippen LogP contribution >= 0.6 is 0 Å². The van der Waals surface area contributed by atoms with E-state index in [0.29, 0.717) is 0 Å². The lowest BCUT2D eigenvalue weighted by molar-refractivity contribution is 1.28. The van der Waals surface area contributed by atoms with E-state index in [2.05, 4.69) is 48.5 Å². The minimum absolute atomic E-state index is 0.132. The van der Waals surface area contributed by atoms with E-state index in [1.807, 2.05) is 12.1 Å². The van der Waals surface area contributed by atoms with E-state index in [0.717, 1.165) is 11.6 Å². The lowest BCUT2D eigenvalue weighted by Gasteiger charge is -2.05. The number of hydrogen-bond donors (Lipinski definition) is 1. The predicted molar refractivity (Wildman–Crippen MR) is 71.3 cm³/mol. The zero-order valence-electron chi connectivity index (χ0n) is 9.17. The van der Waals surface area contributed by atoms with Crippen molar-refractivity contribution >= 4 is 10.9 Å². The van der Waals surface area contributed by atoms with Gasteiger partial charge < -0.3 is 0 Å². The molecule has 0 aliphatic rings. The number of rotatable bonds is 4. The van der Waals surface area contributed by atoms with Gasteiger partial charge in [-0.05, 0) is 12.1 Å². The van der Waals surface area contributed by atoms with E-state index in [4.69, 9.17) is 5.73 Å². The molecule has 82 valence electrons. The Kier molecular flexibility index (Phi) is 4.03. The zero-order chi connectivity index (χ0) is 11.2. The SMILES string of the molecule is NC[S+](Cc1ccccc1)c1ccccc1. The molecule has 2 rings (SSSR count). The summed E-state index contributed by atoms with van der Waals surface area (Å²) in [5.41, 5.74) is 7.23. The number of hydrogen-bond acceptors (Lipinski definition) is 1. The van der Waals surface area contributed by atoms with Gasteiger partial charge in [0, 0.05) is 16.5 Å². The van der Waals surface area contributed by atoms with Crippen LogP contribution in [0.4, 0.5) is 0 Å². The Morgan fingerprint density at radius 3 is 1.94 bits per heavy atom. The molecule has 1 nitrogen and oxygen atoms in total. The van der Waals surface area contributed by atoms with Crippen molar-refractivity contribution < 1.29 is 0 Å². The molecule has 2 heteroatoms. The van der Waals surface area contributed by atoms with Crippen LogP contribution in [0.5, 0.6) is 0 Å². The quantitative estimate of drug-likeness (QED) is 0.803. The Morgan fingerprint density at radius 2 is 1.38 bits per heavy atom. The third-order valence-corrected chi connectivity index (χ3v) is 4.48. The molecule has 1 atom stereocenters. The molecule has 0 spiro atoms. The minimum Gasteiger partial charge on any atom is -0.289 e. The molecule has 0 aliphatic carbocycles. The van der Waals surface area contributed by atoms with Crippen molar-refractivity contribution in [2.75, 3.05) is 5.88 Å². The monoisotopic (exact) mass is 230 g/mol. The molecule has 0 saturated carbocycles. The summed E-state index contributed by atoms with van der Waals surface area (Å²) in [5.74, 6) is 1.76. The van der Waals surface area contributed by atoms with Crippen LogP contribution in [0.25, 0.3) is 0 Å². The lowest BCUT2D eigenvalue weighted by atomic mass is 10.2. The first kappa shape index (κ1) is 11.2. The van der Waals surface area contributed by atoms with Gasteiger partial charge in [0.15, 0.2) is 10.8 Å². The zero-order valence-corrected chi connectivity index (χ0v) is 9.99. The Labute approximate surface area is 99.6 Å². The molecular formula is C14H16NS+. The van der Waals surface area contributed by atoms with Gasteiger partial charge in [0.05, 0.1) is 0 Å². The van der Waals surface area contributed by atoms with Crippen LogP contribution in [-0.4, -0.2) is 5.88 Å². The Balaban J connectivity index is 2.13. The van der Waals surface area contributed by atoms with E-state index in [-0.39, 0.29) is 10.9 Å². The predicted octanol–water partition coefficient (Wildman–Crippen LogP) is 2.78. The topological polar surface area (TPSA) is 26.0 Å². The van der Waals surface area contributed by atoms with Gasteiger partial charge in [-0.25, -0.2) is 0 Å². The molecule has 16 heavy (non-hydrogen) atoms. The summed E-state index contributed by atoms with van der Waals surface area (Å²) in [6.45, 7) is 0. The second kappa shape index (κ2) is 5.73. The third kappa shape index (κ3) is 2.87. The van der Waals surface area contributed by atoms with Gasteiger partial charge in [-0.2, -0.15) is 0 Å². The van der Waals surface area contributed by atoms with Crippen LogP contribution in [0, 0.1) is 0 Å². The summed E-state index contributed by atoms with van der Waals surface area (Å²) in [6, 6.07) is 21.1. The van der Waals surface area contributed by atoms with Gasteiger partial charge in [-0.3, -0.25) is 5.73 Å². The molecule has 1 unspecified atom stereocenters. The fourth-order valence-electron chi connectivity index (χ4n) is 1.63. The van der Waals surface area contributed by atoms with Crippen LogP contribution in [0.3, 0.4) is 0 Å². The summed E-state index contributed by atoms with van der Waals surface area (Å²) in [4.78, 5) is 1.36. The molecule has 0 amide bonds. The second-order valence-electron chi connectivity index (χ2n) is 3.60. The maximum Gasteiger partial charge on any atom is 0.163 e. The van der Waals surface area contributed by atoms with Crippen molar-refractivity contribution in [3.05, 3.63) is 66.2 Å². The van der Waals surface area contributed by atoms with E-state index >= 15 is 0 Å². The van der Waals surface area contributed by atoms with Crippen molar-refractivity contribution in [1.29, 1.82) is 0 Å². The molecule has 0 fully saturated rings. The van der Waals surface area contributed by atoms with Crippen molar-refractivity contribution in [3.8, 4) is 0 Å². The summed E-state index contributed by atoms with van der Waals surface area (Å²) in [5, 5.41) is 0. The van der Waals surface area contributed by atoms with Crippen LogP contribution in [0.2, 0.25) is 0 Å². The third-order valence-electron chi connectivity index (χ3n) is 2.46. The summed E-state index contributed by atoms with van der Waals surface area (Å²) in [7, 11) is 0.132. The van der Waals surface area contributed by atoms with Crippen LogP contribution in [-0.2, 0) is 16.6 Å². The fraction of sp³-hybridized carbons (Fsp3) is 0.143. The van der Waals surface area contributed by atoms with Crippen molar-refractivity contribution in [3.63, 3.8) is 0 Å². The number of nitrogens with two attached hydrogens (primary N) is 1. The van der Waals surface area contributed by atoms with Crippen molar-refractivity contribution in [2.24, 2.45) is 5.73 Å². The minimum atomic E-state index is 0.132. The Hall–Kier alpha value is -1.25. The normalized spacial score (nSPS) is 12.3. The first-order valence-corrected chi connectivity index (χ1v) is 6.93. The first-order chi connectivity index (χ1) is 7.90. The van der Waals surface area contributed by atoms with Crippen LogP contribution in [0.1, 0.15) is 5.56 Å². The highest BCUT2D eigenvalue weighted by molar-refractivity contribution is 7.96. The summed E-state index contributed by atoms with van der Waals surface area (Å²) >= 11 is 0. The highest BCUT2D eigenvalue weighted by Crippen LogP contribution is 2.17. The average molecular weight is 230 g/mol. The smallest absolute Gasteiger partial charge is 0.163 e. The Bertz CT molecular complexity index is 413. The molecule has 0 aliphatic heterocycles. The van der Waals surface area contributed by atoms with Crippen molar-refractivity contribution in [1.82, 2.24) is 0 Å². The van der Waals surface area contributed by atoms with Gasteiger partial charge >= 0.3 is 0 Å². The van der Waals surface area contributed by atoms with E-state index in [9.17, 15) is 0 Å². The second-order valence-corrected chi connectivity index (χ2v) is 5.68. The molecule has 2 aromatic rings.